The van der Waals surface area contributed by atoms with Crippen LogP contribution >= 0.6 is 12.4 Å². The van der Waals surface area contributed by atoms with Crippen molar-refractivity contribution in [1.82, 2.24) is 5.32 Å². The van der Waals surface area contributed by atoms with Gasteiger partial charge in [-0.2, -0.15) is 0 Å². The van der Waals surface area contributed by atoms with Crippen molar-refractivity contribution in [3.05, 3.63) is 29.8 Å². The van der Waals surface area contributed by atoms with Crippen LogP contribution in [0.1, 0.15) is 29.6 Å². The number of carbonyl (C=O) groups is 1. The summed E-state index contributed by atoms with van der Waals surface area (Å²) in [5, 5.41) is 2.89. The van der Waals surface area contributed by atoms with E-state index in [1.165, 1.54) is 12.8 Å². The normalized spacial score (nSPS) is 14.0. The predicted molar refractivity (Wildman–Crippen MR) is 67.8 cm³/mol. The van der Waals surface area contributed by atoms with Crippen LogP contribution in [0.3, 0.4) is 0 Å². The highest BCUT2D eigenvalue weighted by Crippen LogP contribution is 2.31. The zero-order valence-corrected chi connectivity index (χ0v) is 9.93. The highest BCUT2D eigenvalue weighted by atomic mass is 35.5. The van der Waals surface area contributed by atoms with E-state index in [9.17, 15) is 4.79 Å². The average molecular weight is 241 g/mol. The Morgan fingerprint density at radius 1 is 1.38 bits per heavy atom. The van der Waals surface area contributed by atoms with Crippen molar-refractivity contribution in [3.63, 3.8) is 0 Å². The molecule has 1 fully saturated rings. The van der Waals surface area contributed by atoms with Gasteiger partial charge >= 0.3 is 0 Å². The average Bonchev–Trinajstić information content (AvgIpc) is 3.02. The number of halogens is 1. The van der Waals surface area contributed by atoms with Gasteiger partial charge in [0.2, 0.25) is 0 Å². The van der Waals surface area contributed by atoms with Gasteiger partial charge in [0.15, 0.2) is 0 Å². The summed E-state index contributed by atoms with van der Waals surface area (Å²) in [7, 11) is 0. The molecule has 0 radical (unpaired) electrons. The molecule has 0 saturated heterocycles. The molecule has 3 nitrogen and oxygen atoms in total. The summed E-state index contributed by atoms with van der Waals surface area (Å²) in [5.74, 6) is 0.784. The molecule has 16 heavy (non-hydrogen) atoms. The lowest BCUT2D eigenvalue weighted by molar-refractivity contribution is 0.0953. The summed E-state index contributed by atoms with van der Waals surface area (Å²) in [6, 6.07) is 7.15. The Hall–Kier alpha value is -1.22. The molecule has 0 aromatic heterocycles. The molecule has 1 amide bonds. The third kappa shape index (κ3) is 3.42. The Kier molecular flexibility index (Phi) is 4.62. The molecular formula is C12H17ClN2O. The molecule has 1 aromatic carbocycles. The SMILES string of the molecule is Cl.Nc1ccccc1C(=O)NCCC1CC1. The zero-order valence-electron chi connectivity index (χ0n) is 9.11. The van der Waals surface area contributed by atoms with Crippen LogP contribution in [0.5, 0.6) is 0 Å². The van der Waals surface area contributed by atoms with Crippen LogP contribution < -0.4 is 11.1 Å². The summed E-state index contributed by atoms with van der Waals surface area (Å²) in [4.78, 5) is 11.7. The van der Waals surface area contributed by atoms with E-state index >= 15 is 0 Å². The molecule has 0 spiro atoms. The topological polar surface area (TPSA) is 55.1 Å². The monoisotopic (exact) mass is 240 g/mol. The number of hydrogen-bond acceptors (Lipinski definition) is 2. The standard InChI is InChI=1S/C12H16N2O.ClH/c13-11-4-2-1-3-10(11)12(15)14-8-7-9-5-6-9;/h1-4,9H,5-8,13H2,(H,14,15);1H. The number of amides is 1. The lowest BCUT2D eigenvalue weighted by Gasteiger charge is -2.06. The molecule has 0 bridgehead atoms. The summed E-state index contributed by atoms with van der Waals surface area (Å²) in [6.07, 6.45) is 3.74. The minimum absolute atomic E-state index is 0. The highest BCUT2D eigenvalue weighted by Gasteiger charge is 2.20. The van der Waals surface area contributed by atoms with Gasteiger partial charge in [-0.3, -0.25) is 4.79 Å². The van der Waals surface area contributed by atoms with Gasteiger partial charge in [0.05, 0.1) is 5.56 Å². The van der Waals surface area contributed by atoms with Crippen LogP contribution in [0.4, 0.5) is 5.69 Å². The Balaban J connectivity index is 0.00000128. The second-order valence-corrected chi connectivity index (χ2v) is 4.08. The molecule has 4 heteroatoms. The zero-order chi connectivity index (χ0) is 10.7. The fourth-order valence-corrected chi connectivity index (χ4v) is 1.60. The predicted octanol–water partition coefficient (Wildman–Crippen LogP) is 2.22. The van der Waals surface area contributed by atoms with Crippen molar-refractivity contribution in [2.24, 2.45) is 5.92 Å². The van der Waals surface area contributed by atoms with Crippen LogP contribution in [0.15, 0.2) is 24.3 Å². The second kappa shape index (κ2) is 5.75. The van der Waals surface area contributed by atoms with Gasteiger partial charge in [0.25, 0.3) is 5.91 Å². The number of para-hydroxylation sites is 1. The number of carbonyl (C=O) groups excluding carboxylic acids is 1. The van der Waals surface area contributed by atoms with Gasteiger partial charge in [-0.1, -0.05) is 25.0 Å². The first-order valence-corrected chi connectivity index (χ1v) is 5.40. The third-order valence-corrected chi connectivity index (χ3v) is 2.74. The number of hydrogen-bond donors (Lipinski definition) is 2. The molecule has 1 saturated carbocycles. The number of nitrogen functional groups attached to an aromatic ring is 1. The van der Waals surface area contributed by atoms with E-state index < -0.39 is 0 Å². The van der Waals surface area contributed by atoms with Gasteiger partial charge in [0, 0.05) is 12.2 Å². The van der Waals surface area contributed by atoms with Crippen molar-refractivity contribution < 1.29 is 4.79 Å². The molecule has 2 rings (SSSR count). The smallest absolute Gasteiger partial charge is 0.253 e. The summed E-state index contributed by atoms with van der Waals surface area (Å²) >= 11 is 0. The van der Waals surface area contributed by atoms with Crippen LogP contribution in [0.25, 0.3) is 0 Å². The fourth-order valence-electron chi connectivity index (χ4n) is 1.60. The van der Waals surface area contributed by atoms with Gasteiger partial charge < -0.3 is 11.1 Å². The number of nitrogens with two attached hydrogens (primary N) is 1. The Bertz CT molecular complexity index is 364. The van der Waals surface area contributed by atoms with E-state index in [-0.39, 0.29) is 18.3 Å². The number of nitrogens with one attached hydrogen (secondary N) is 1. The number of benzene rings is 1. The maximum absolute atomic E-state index is 11.7. The van der Waals surface area contributed by atoms with E-state index in [0.29, 0.717) is 11.3 Å². The molecular weight excluding hydrogens is 224 g/mol. The van der Waals surface area contributed by atoms with E-state index in [4.69, 9.17) is 5.73 Å². The van der Waals surface area contributed by atoms with Gasteiger partial charge in [-0.15, -0.1) is 12.4 Å². The van der Waals surface area contributed by atoms with Crippen molar-refractivity contribution >= 4 is 24.0 Å². The van der Waals surface area contributed by atoms with E-state index in [2.05, 4.69) is 5.32 Å². The molecule has 1 aromatic rings. The van der Waals surface area contributed by atoms with Crippen LogP contribution in [0.2, 0.25) is 0 Å². The van der Waals surface area contributed by atoms with Crippen LogP contribution in [-0.4, -0.2) is 12.5 Å². The number of rotatable bonds is 4. The fraction of sp³-hybridized carbons (Fsp3) is 0.417. The molecule has 0 unspecified atom stereocenters. The lowest BCUT2D eigenvalue weighted by atomic mass is 10.1. The van der Waals surface area contributed by atoms with E-state index in [1.54, 1.807) is 12.1 Å². The second-order valence-electron chi connectivity index (χ2n) is 4.08. The molecule has 1 aliphatic carbocycles. The minimum atomic E-state index is -0.0613. The first-order valence-electron chi connectivity index (χ1n) is 5.40. The van der Waals surface area contributed by atoms with Crippen molar-refractivity contribution in [3.8, 4) is 0 Å². The van der Waals surface area contributed by atoms with Crippen LogP contribution in [0, 0.1) is 5.92 Å². The molecule has 0 aliphatic heterocycles. The summed E-state index contributed by atoms with van der Waals surface area (Å²) < 4.78 is 0. The van der Waals surface area contributed by atoms with Crippen molar-refractivity contribution in [1.29, 1.82) is 0 Å². The lowest BCUT2D eigenvalue weighted by Crippen LogP contribution is -2.25. The minimum Gasteiger partial charge on any atom is -0.398 e. The third-order valence-electron chi connectivity index (χ3n) is 2.74. The Morgan fingerprint density at radius 3 is 2.69 bits per heavy atom. The quantitative estimate of drug-likeness (QED) is 0.793. The Labute approximate surface area is 102 Å². The first-order chi connectivity index (χ1) is 7.27. The summed E-state index contributed by atoms with van der Waals surface area (Å²) in [5.41, 5.74) is 6.82. The highest BCUT2D eigenvalue weighted by molar-refractivity contribution is 5.98. The molecule has 0 atom stereocenters. The molecule has 0 heterocycles. The van der Waals surface area contributed by atoms with Crippen LogP contribution in [-0.2, 0) is 0 Å². The van der Waals surface area contributed by atoms with Gasteiger partial charge in [-0.25, -0.2) is 0 Å². The Morgan fingerprint density at radius 2 is 2.06 bits per heavy atom. The molecule has 1 aliphatic rings. The number of anilines is 1. The maximum atomic E-state index is 11.7. The maximum Gasteiger partial charge on any atom is 0.253 e. The van der Waals surface area contributed by atoms with Gasteiger partial charge in [-0.05, 0) is 24.5 Å². The summed E-state index contributed by atoms with van der Waals surface area (Å²) in [6.45, 7) is 0.762. The van der Waals surface area contributed by atoms with Crippen molar-refractivity contribution in [2.75, 3.05) is 12.3 Å². The largest absolute Gasteiger partial charge is 0.398 e. The van der Waals surface area contributed by atoms with E-state index in [0.717, 1.165) is 18.9 Å². The molecule has 88 valence electrons. The van der Waals surface area contributed by atoms with Gasteiger partial charge in [0.1, 0.15) is 0 Å². The molecule has 3 N–H and O–H groups in total. The van der Waals surface area contributed by atoms with Crippen molar-refractivity contribution in [2.45, 2.75) is 19.3 Å². The van der Waals surface area contributed by atoms with E-state index in [1.807, 2.05) is 12.1 Å². The first kappa shape index (κ1) is 12.8.